The van der Waals surface area contributed by atoms with Crippen LogP contribution in [0.3, 0.4) is 0 Å². The molecule has 1 fully saturated rings. The van der Waals surface area contributed by atoms with Crippen LogP contribution in [0, 0.1) is 0 Å². The summed E-state index contributed by atoms with van der Waals surface area (Å²) in [6.45, 7) is 7.48. The first-order valence-electron chi connectivity index (χ1n) is 5.84. The van der Waals surface area contributed by atoms with Gasteiger partial charge in [-0.3, -0.25) is 4.90 Å². The van der Waals surface area contributed by atoms with Crippen LogP contribution in [0.1, 0.15) is 20.8 Å². The third-order valence-electron chi connectivity index (χ3n) is 3.01. The lowest BCUT2D eigenvalue weighted by Gasteiger charge is -2.45. The maximum Gasteiger partial charge on any atom is 0.401 e. The highest BCUT2D eigenvalue weighted by Gasteiger charge is 2.34. The van der Waals surface area contributed by atoms with Crippen molar-refractivity contribution < 1.29 is 17.9 Å². The van der Waals surface area contributed by atoms with Crippen LogP contribution in [0.4, 0.5) is 13.2 Å². The van der Waals surface area contributed by atoms with E-state index in [2.05, 4.69) is 10.2 Å². The van der Waals surface area contributed by atoms with Crippen molar-refractivity contribution in [3.8, 4) is 0 Å². The zero-order valence-electron chi connectivity index (χ0n) is 10.6. The van der Waals surface area contributed by atoms with Gasteiger partial charge in [0.2, 0.25) is 0 Å². The Labute approximate surface area is 100 Å². The Kier molecular flexibility index (Phi) is 4.80. The standard InChI is InChI=1S/C11H21F3N2O/c1-9(6-15-7-11(12,13)14)16-4-5-17-8-10(16,2)3/h9,15H,4-8H2,1-3H3. The van der Waals surface area contributed by atoms with Gasteiger partial charge in [0.05, 0.1) is 19.8 Å². The molecule has 17 heavy (non-hydrogen) atoms. The summed E-state index contributed by atoms with van der Waals surface area (Å²) in [5.41, 5.74) is -0.114. The lowest BCUT2D eigenvalue weighted by atomic mass is 10.00. The topological polar surface area (TPSA) is 24.5 Å². The monoisotopic (exact) mass is 254 g/mol. The van der Waals surface area contributed by atoms with Crippen molar-refractivity contribution in [2.75, 3.05) is 32.8 Å². The van der Waals surface area contributed by atoms with E-state index in [0.717, 1.165) is 6.54 Å². The fourth-order valence-corrected chi connectivity index (χ4v) is 2.22. The first-order chi connectivity index (χ1) is 7.72. The molecule has 1 saturated heterocycles. The Morgan fingerprint density at radius 1 is 1.41 bits per heavy atom. The van der Waals surface area contributed by atoms with Crippen molar-refractivity contribution >= 4 is 0 Å². The Hall–Kier alpha value is -0.330. The molecule has 0 aromatic heterocycles. The van der Waals surface area contributed by atoms with Crippen LogP contribution >= 0.6 is 0 Å². The van der Waals surface area contributed by atoms with Gasteiger partial charge in [-0.2, -0.15) is 13.2 Å². The van der Waals surface area contributed by atoms with Gasteiger partial charge in [0, 0.05) is 24.7 Å². The van der Waals surface area contributed by atoms with Crippen molar-refractivity contribution in [3.05, 3.63) is 0 Å². The molecule has 1 aliphatic rings. The quantitative estimate of drug-likeness (QED) is 0.825. The number of hydrogen-bond acceptors (Lipinski definition) is 3. The molecule has 0 aromatic rings. The van der Waals surface area contributed by atoms with Crippen LogP contribution in [-0.2, 0) is 4.74 Å². The number of hydrogen-bond donors (Lipinski definition) is 1. The third kappa shape index (κ3) is 4.81. The van der Waals surface area contributed by atoms with Gasteiger partial charge in [0.15, 0.2) is 0 Å². The van der Waals surface area contributed by atoms with Gasteiger partial charge in [-0.05, 0) is 20.8 Å². The van der Waals surface area contributed by atoms with E-state index in [1.54, 1.807) is 0 Å². The molecule has 0 aliphatic carbocycles. The van der Waals surface area contributed by atoms with E-state index in [9.17, 15) is 13.2 Å². The summed E-state index contributed by atoms with van der Waals surface area (Å²) in [4.78, 5) is 2.19. The van der Waals surface area contributed by atoms with Crippen LogP contribution in [0.5, 0.6) is 0 Å². The minimum Gasteiger partial charge on any atom is -0.378 e. The first-order valence-corrected chi connectivity index (χ1v) is 5.84. The summed E-state index contributed by atoms with van der Waals surface area (Å²) < 4.78 is 41.4. The second-order valence-corrected chi connectivity index (χ2v) is 5.15. The van der Waals surface area contributed by atoms with Crippen LogP contribution < -0.4 is 5.32 Å². The molecule has 1 unspecified atom stereocenters. The van der Waals surface area contributed by atoms with Crippen molar-refractivity contribution in [2.24, 2.45) is 0 Å². The van der Waals surface area contributed by atoms with E-state index >= 15 is 0 Å². The van der Waals surface area contributed by atoms with E-state index in [0.29, 0.717) is 19.8 Å². The van der Waals surface area contributed by atoms with Gasteiger partial charge >= 0.3 is 6.18 Å². The van der Waals surface area contributed by atoms with E-state index in [1.165, 1.54) is 0 Å². The smallest absolute Gasteiger partial charge is 0.378 e. The molecule has 0 bridgehead atoms. The number of alkyl halides is 3. The van der Waals surface area contributed by atoms with Crippen LogP contribution in [-0.4, -0.2) is 55.5 Å². The number of nitrogens with zero attached hydrogens (tertiary/aromatic N) is 1. The lowest BCUT2D eigenvalue weighted by Crippen LogP contribution is -2.58. The average molecular weight is 254 g/mol. The summed E-state index contributed by atoms with van der Waals surface area (Å²) >= 11 is 0. The highest BCUT2D eigenvalue weighted by molar-refractivity contribution is 4.88. The molecular weight excluding hydrogens is 233 g/mol. The Morgan fingerprint density at radius 3 is 2.59 bits per heavy atom. The molecule has 0 spiro atoms. The number of ether oxygens (including phenoxy) is 1. The fraction of sp³-hybridized carbons (Fsp3) is 1.00. The SMILES string of the molecule is CC(CNCC(F)(F)F)N1CCOCC1(C)C. The zero-order chi connectivity index (χ0) is 13.1. The molecule has 1 heterocycles. The Morgan fingerprint density at radius 2 is 2.06 bits per heavy atom. The average Bonchev–Trinajstić information content (AvgIpc) is 2.14. The van der Waals surface area contributed by atoms with Crippen molar-refractivity contribution in [1.82, 2.24) is 10.2 Å². The summed E-state index contributed by atoms with van der Waals surface area (Å²) in [6, 6.07) is 0.0660. The van der Waals surface area contributed by atoms with Crippen molar-refractivity contribution in [2.45, 2.75) is 38.5 Å². The molecule has 0 aromatic carbocycles. The highest BCUT2D eigenvalue weighted by Crippen LogP contribution is 2.21. The second-order valence-electron chi connectivity index (χ2n) is 5.15. The lowest BCUT2D eigenvalue weighted by molar-refractivity contribution is -0.126. The largest absolute Gasteiger partial charge is 0.401 e. The minimum atomic E-state index is -4.14. The van der Waals surface area contributed by atoms with Crippen molar-refractivity contribution in [1.29, 1.82) is 0 Å². The van der Waals surface area contributed by atoms with Crippen molar-refractivity contribution in [3.63, 3.8) is 0 Å². The van der Waals surface area contributed by atoms with Gasteiger partial charge in [-0.15, -0.1) is 0 Å². The summed E-state index contributed by atoms with van der Waals surface area (Å²) in [5.74, 6) is 0. The van der Waals surface area contributed by atoms with Crippen LogP contribution in [0.25, 0.3) is 0 Å². The molecule has 0 radical (unpaired) electrons. The molecule has 6 heteroatoms. The number of halogens is 3. The number of morpholine rings is 1. The zero-order valence-corrected chi connectivity index (χ0v) is 10.6. The van der Waals surface area contributed by atoms with Gasteiger partial charge in [-0.1, -0.05) is 0 Å². The molecule has 0 saturated carbocycles. The minimum absolute atomic E-state index is 0.0660. The molecule has 1 atom stereocenters. The summed E-state index contributed by atoms with van der Waals surface area (Å²) in [7, 11) is 0. The van der Waals surface area contributed by atoms with Gasteiger partial charge in [0.25, 0.3) is 0 Å². The van der Waals surface area contributed by atoms with Crippen LogP contribution in [0.15, 0.2) is 0 Å². The Bertz CT molecular complexity index is 243. The molecule has 0 amide bonds. The van der Waals surface area contributed by atoms with Gasteiger partial charge in [-0.25, -0.2) is 0 Å². The van der Waals surface area contributed by atoms with Gasteiger partial charge < -0.3 is 10.1 Å². The molecule has 1 rings (SSSR count). The molecule has 3 nitrogen and oxygen atoms in total. The van der Waals surface area contributed by atoms with Crippen LogP contribution in [0.2, 0.25) is 0 Å². The summed E-state index contributed by atoms with van der Waals surface area (Å²) in [6.07, 6.45) is -4.14. The van der Waals surface area contributed by atoms with Gasteiger partial charge in [0.1, 0.15) is 0 Å². The fourth-order valence-electron chi connectivity index (χ4n) is 2.22. The predicted octanol–water partition coefficient (Wildman–Crippen LogP) is 1.64. The molecule has 1 aliphatic heterocycles. The molecule has 102 valence electrons. The highest BCUT2D eigenvalue weighted by atomic mass is 19.4. The summed E-state index contributed by atoms with van der Waals surface area (Å²) in [5, 5.41) is 2.45. The maximum atomic E-state index is 12.0. The Balaban J connectivity index is 2.38. The van der Waals surface area contributed by atoms with E-state index in [1.807, 2.05) is 20.8 Å². The normalized spacial score (nSPS) is 23.6. The first kappa shape index (κ1) is 14.7. The third-order valence-corrected chi connectivity index (χ3v) is 3.01. The molecular formula is C11H21F3N2O. The second kappa shape index (κ2) is 5.54. The predicted molar refractivity (Wildman–Crippen MR) is 60.0 cm³/mol. The number of rotatable bonds is 4. The van der Waals surface area contributed by atoms with E-state index in [-0.39, 0.29) is 11.6 Å². The maximum absolute atomic E-state index is 12.0. The van der Waals surface area contributed by atoms with E-state index < -0.39 is 12.7 Å². The number of nitrogens with one attached hydrogen (secondary N) is 1. The molecule has 1 N–H and O–H groups in total. The van der Waals surface area contributed by atoms with E-state index in [4.69, 9.17) is 4.74 Å².